The Morgan fingerprint density at radius 2 is 0.871 bits per heavy atom. The Morgan fingerprint density at radius 1 is 0.500 bits per heavy atom. The van der Waals surface area contributed by atoms with E-state index in [4.69, 9.17) is 24.8 Å². The van der Waals surface area contributed by atoms with E-state index in [1.807, 2.05) is 12.2 Å². The number of rotatable bonds is 44. The number of ether oxygens (including phenoxy) is 2. The van der Waals surface area contributed by atoms with Crippen molar-refractivity contribution >= 4 is 25.7 Å². The van der Waals surface area contributed by atoms with Crippen LogP contribution in [0.4, 0.5) is 0 Å². The summed E-state index contributed by atoms with van der Waals surface area (Å²) in [6.45, 7) is 2.72. The maximum Gasteiger partial charge on any atom is 0.472 e. The van der Waals surface area contributed by atoms with Gasteiger partial charge in [-0.3, -0.25) is 23.4 Å². The van der Waals surface area contributed by atoms with E-state index in [1.165, 1.54) is 89.9 Å². The second-order valence-electron chi connectivity index (χ2n) is 15.9. The minimum Gasteiger partial charge on any atom is -0.480 e. The number of hydrogen-bond donors (Lipinski definition) is 3. The molecule has 0 aromatic rings. The predicted octanol–water partition coefficient (Wildman–Crippen LogP) is 13.3. The van der Waals surface area contributed by atoms with Crippen molar-refractivity contribution in [1.29, 1.82) is 0 Å². The summed E-state index contributed by atoms with van der Waals surface area (Å²) < 4.78 is 32.7. The molecule has 356 valence electrons. The first kappa shape index (κ1) is 58.9. The van der Waals surface area contributed by atoms with Crippen molar-refractivity contribution in [3.63, 3.8) is 0 Å². The van der Waals surface area contributed by atoms with Crippen LogP contribution in [0.1, 0.15) is 194 Å². The third-order valence-corrected chi connectivity index (χ3v) is 10.9. The second kappa shape index (κ2) is 44.5. The van der Waals surface area contributed by atoms with E-state index in [-0.39, 0.29) is 19.4 Å². The molecule has 0 aliphatic rings. The molecule has 1 unspecified atom stereocenters. The molecule has 62 heavy (non-hydrogen) atoms. The summed E-state index contributed by atoms with van der Waals surface area (Å²) in [6.07, 6.45) is 54.0. The third kappa shape index (κ3) is 43.6. The number of carbonyl (C=O) groups is 3. The van der Waals surface area contributed by atoms with Crippen molar-refractivity contribution in [2.75, 3.05) is 19.8 Å². The fraction of sp³-hybridized carbons (Fsp3) is 0.700. The molecular weight excluding hydrogens is 806 g/mol. The number of carboxylic acid groups (broad SMARTS) is 1. The maximum absolute atomic E-state index is 12.6. The van der Waals surface area contributed by atoms with Crippen molar-refractivity contribution in [3.05, 3.63) is 72.9 Å². The molecule has 4 N–H and O–H groups in total. The summed E-state index contributed by atoms with van der Waals surface area (Å²) in [5.74, 6) is -2.47. The molecule has 0 aliphatic carbocycles. The first-order valence-electron chi connectivity index (χ1n) is 24.0. The van der Waals surface area contributed by atoms with Crippen LogP contribution >= 0.6 is 7.82 Å². The summed E-state index contributed by atoms with van der Waals surface area (Å²) in [5.41, 5.74) is 5.34. The Hall–Kier alpha value is -3.08. The molecule has 12 heteroatoms. The number of carbonyl (C=O) groups excluding carboxylic acids is 2. The average Bonchev–Trinajstić information content (AvgIpc) is 3.25. The van der Waals surface area contributed by atoms with Gasteiger partial charge in [-0.15, -0.1) is 0 Å². The molecule has 0 radical (unpaired) electrons. The SMILES string of the molecule is CCCCC/C=C/C/C=C/CCCCCCCCCC(=O)OC[C@H](COP(=O)(O)OC[C@H](N)C(=O)O)OC(=O)CCC/C=C/C/C=C/C/C=C/C/C=C/CCCCCCCCC. The highest BCUT2D eigenvalue weighted by Gasteiger charge is 2.28. The first-order chi connectivity index (χ1) is 30.1. The van der Waals surface area contributed by atoms with E-state index in [2.05, 4.69) is 79.1 Å². The van der Waals surface area contributed by atoms with Gasteiger partial charge in [0.1, 0.15) is 12.6 Å². The van der Waals surface area contributed by atoms with E-state index < -0.39 is 51.1 Å². The number of esters is 2. The van der Waals surface area contributed by atoms with E-state index in [9.17, 15) is 23.8 Å². The number of phosphoric acid groups is 1. The fourth-order valence-corrected chi connectivity index (χ4v) is 6.92. The van der Waals surface area contributed by atoms with Gasteiger partial charge >= 0.3 is 25.7 Å². The van der Waals surface area contributed by atoms with Gasteiger partial charge < -0.3 is 25.2 Å². The Bertz CT molecular complexity index is 1320. The Balaban J connectivity index is 4.43. The maximum atomic E-state index is 12.6. The van der Waals surface area contributed by atoms with Crippen LogP contribution in [0, 0.1) is 0 Å². The molecule has 0 fully saturated rings. The van der Waals surface area contributed by atoms with E-state index in [0.29, 0.717) is 19.3 Å². The van der Waals surface area contributed by atoms with Crippen LogP contribution < -0.4 is 5.73 Å². The minimum atomic E-state index is -4.74. The molecule has 0 bridgehead atoms. The molecule has 11 nitrogen and oxygen atoms in total. The normalized spacial score (nSPS) is 14.3. The molecule has 0 saturated heterocycles. The van der Waals surface area contributed by atoms with Crippen molar-refractivity contribution in [2.45, 2.75) is 206 Å². The zero-order chi connectivity index (χ0) is 45.6. The molecule has 0 aliphatic heterocycles. The molecule has 0 aromatic carbocycles. The van der Waals surface area contributed by atoms with Gasteiger partial charge in [-0.2, -0.15) is 0 Å². The molecule has 0 spiro atoms. The third-order valence-electron chi connectivity index (χ3n) is 9.93. The minimum absolute atomic E-state index is 0.0806. The zero-order valence-corrected chi connectivity index (χ0v) is 39.6. The topological polar surface area (TPSA) is 172 Å². The van der Waals surface area contributed by atoms with Crippen LogP contribution in [0.2, 0.25) is 0 Å². The Labute approximate surface area is 376 Å². The summed E-state index contributed by atoms with van der Waals surface area (Å²) in [4.78, 5) is 46.1. The second-order valence-corrected chi connectivity index (χ2v) is 17.3. The van der Waals surface area contributed by atoms with Gasteiger partial charge in [0.05, 0.1) is 13.2 Å². The lowest BCUT2D eigenvalue weighted by Gasteiger charge is -2.20. The molecule has 0 rings (SSSR count). The number of unbranched alkanes of at least 4 members (excludes halogenated alkanes) is 18. The van der Waals surface area contributed by atoms with Crippen LogP contribution in [-0.4, -0.2) is 59.9 Å². The zero-order valence-electron chi connectivity index (χ0n) is 38.7. The lowest BCUT2D eigenvalue weighted by molar-refractivity contribution is -0.161. The Morgan fingerprint density at radius 3 is 1.35 bits per heavy atom. The van der Waals surface area contributed by atoms with Crippen LogP contribution in [0.3, 0.4) is 0 Å². The summed E-state index contributed by atoms with van der Waals surface area (Å²) in [6, 6.07) is -1.53. The van der Waals surface area contributed by atoms with Gasteiger partial charge in [-0.05, 0) is 83.5 Å². The van der Waals surface area contributed by atoms with Gasteiger partial charge in [0, 0.05) is 12.8 Å². The fourth-order valence-electron chi connectivity index (χ4n) is 6.15. The van der Waals surface area contributed by atoms with Crippen molar-refractivity contribution in [1.82, 2.24) is 0 Å². The largest absolute Gasteiger partial charge is 0.480 e. The Kier molecular flexibility index (Phi) is 42.3. The van der Waals surface area contributed by atoms with Crippen LogP contribution in [-0.2, 0) is 37.5 Å². The van der Waals surface area contributed by atoms with Crippen molar-refractivity contribution in [3.8, 4) is 0 Å². The van der Waals surface area contributed by atoms with Crippen LogP contribution in [0.15, 0.2) is 72.9 Å². The smallest absolute Gasteiger partial charge is 0.472 e. The van der Waals surface area contributed by atoms with Crippen LogP contribution in [0.25, 0.3) is 0 Å². The highest BCUT2D eigenvalue weighted by Crippen LogP contribution is 2.43. The lowest BCUT2D eigenvalue weighted by Crippen LogP contribution is -2.34. The van der Waals surface area contributed by atoms with E-state index >= 15 is 0 Å². The monoisotopic (exact) mass is 892 g/mol. The van der Waals surface area contributed by atoms with Crippen LogP contribution in [0.5, 0.6) is 0 Å². The molecule has 0 heterocycles. The first-order valence-corrected chi connectivity index (χ1v) is 25.5. The number of aliphatic carboxylic acids is 1. The standard InChI is InChI=1S/C50H86NO10P/c1-3-5-7-9-11-13-15-17-19-21-22-23-24-26-28-30-32-34-36-38-40-42-49(53)61-46(44-59-62(56,57)60-45-47(51)50(54)55)43-58-48(52)41-39-37-35-33-31-29-27-25-20-18-16-14-12-10-8-6-4-2/h12,14,18-21,23-24,28,30,34,36,46-47H,3-11,13,15-17,22,25-27,29,31-33,35,37-45,51H2,1-2H3,(H,54,55)(H,56,57)/b14-12+,20-18+,21-19+,24-23+,30-28+,36-34+/t46-,47+/m1/s1. The predicted molar refractivity (Wildman–Crippen MR) is 254 cm³/mol. The van der Waals surface area contributed by atoms with Gasteiger partial charge in [0.15, 0.2) is 6.10 Å². The molecule has 0 saturated carbocycles. The molecule has 0 aromatic heterocycles. The summed E-state index contributed by atoms with van der Waals surface area (Å²) in [5, 5.41) is 8.91. The van der Waals surface area contributed by atoms with Gasteiger partial charge in [-0.1, -0.05) is 170 Å². The highest BCUT2D eigenvalue weighted by atomic mass is 31.2. The van der Waals surface area contributed by atoms with E-state index in [1.54, 1.807) is 0 Å². The number of nitrogens with two attached hydrogens (primary N) is 1. The van der Waals surface area contributed by atoms with Gasteiger partial charge in [0.2, 0.25) is 0 Å². The highest BCUT2D eigenvalue weighted by molar-refractivity contribution is 7.47. The molecule has 0 amide bonds. The summed E-state index contributed by atoms with van der Waals surface area (Å²) in [7, 11) is -4.74. The number of carboxylic acids is 1. The lowest BCUT2D eigenvalue weighted by atomic mass is 10.1. The molecular formula is C50H86NO10P. The van der Waals surface area contributed by atoms with Gasteiger partial charge in [0.25, 0.3) is 0 Å². The average molecular weight is 892 g/mol. The van der Waals surface area contributed by atoms with Crippen molar-refractivity contribution < 1.29 is 47.5 Å². The number of allylic oxidation sites excluding steroid dienone is 12. The number of hydrogen-bond acceptors (Lipinski definition) is 9. The van der Waals surface area contributed by atoms with Crippen molar-refractivity contribution in [2.24, 2.45) is 5.73 Å². The molecule has 3 atom stereocenters. The quantitative estimate of drug-likeness (QED) is 0.0230. The van der Waals surface area contributed by atoms with E-state index in [0.717, 1.165) is 57.8 Å². The summed E-state index contributed by atoms with van der Waals surface area (Å²) >= 11 is 0. The van der Waals surface area contributed by atoms with Gasteiger partial charge in [-0.25, -0.2) is 4.57 Å². The number of phosphoric ester groups is 1.